The van der Waals surface area contributed by atoms with Gasteiger partial charge in [0.2, 0.25) is 5.89 Å². The van der Waals surface area contributed by atoms with Crippen LogP contribution in [0.25, 0.3) is 28.2 Å². The van der Waals surface area contributed by atoms with Crippen molar-refractivity contribution in [3.05, 3.63) is 72.6 Å². The summed E-state index contributed by atoms with van der Waals surface area (Å²) in [5, 5.41) is 0. The van der Waals surface area contributed by atoms with Gasteiger partial charge >= 0.3 is 0 Å². The van der Waals surface area contributed by atoms with Crippen molar-refractivity contribution >= 4 is 11.1 Å². The molecule has 0 unspecified atom stereocenters. The number of hydrogen-bond acceptors (Lipinski definition) is 2. The molecule has 4 aromatic rings. The molecule has 2 aromatic carbocycles. The first-order chi connectivity index (χ1) is 11.2. The SMILES string of the molecule is CC(C)c1ccc2oc(-c3cccc(-n4cccc4)c3)nc2c1. The maximum atomic E-state index is 5.94. The van der Waals surface area contributed by atoms with E-state index in [9.17, 15) is 0 Å². The van der Waals surface area contributed by atoms with Crippen molar-refractivity contribution in [2.45, 2.75) is 19.8 Å². The Kier molecular flexibility index (Phi) is 3.27. The Morgan fingerprint density at radius 1 is 0.957 bits per heavy atom. The largest absolute Gasteiger partial charge is 0.436 e. The van der Waals surface area contributed by atoms with Crippen LogP contribution in [0.1, 0.15) is 25.3 Å². The quantitative estimate of drug-likeness (QED) is 0.506. The van der Waals surface area contributed by atoms with E-state index < -0.39 is 0 Å². The maximum Gasteiger partial charge on any atom is 0.227 e. The molecule has 2 heterocycles. The van der Waals surface area contributed by atoms with Crippen LogP contribution in [0.15, 0.2) is 71.4 Å². The van der Waals surface area contributed by atoms with Crippen LogP contribution < -0.4 is 0 Å². The van der Waals surface area contributed by atoms with E-state index in [0.29, 0.717) is 11.8 Å². The molecule has 114 valence electrons. The fourth-order valence-corrected chi connectivity index (χ4v) is 2.73. The summed E-state index contributed by atoms with van der Waals surface area (Å²) in [6, 6.07) is 18.5. The standard InChI is InChI=1S/C20H18N2O/c1-14(2)15-8-9-19-18(13-15)21-20(23-19)16-6-5-7-17(12-16)22-10-3-4-11-22/h3-14H,1-2H3. The number of nitrogens with zero attached hydrogens (tertiary/aromatic N) is 2. The number of rotatable bonds is 3. The average molecular weight is 302 g/mol. The average Bonchev–Trinajstić information content (AvgIpc) is 3.23. The van der Waals surface area contributed by atoms with Crippen LogP contribution in [0.5, 0.6) is 0 Å². The molecule has 0 amide bonds. The maximum absolute atomic E-state index is 5.94. The summed E-state index contributed by atoms with van der Waals surface area (Å²) in [6.45, 7) is 4.37. The summed E-state index contributed by atoms with van der Waals surface area (Å²) < 4.78 is 8.01. The second-order valence-electron chi connectivity index (χ2n) is 6.04. The molecule has 0 radical (unpaired) electrons. The van der Waals surface area contributed by atoms with Gasteiger partial charge in [0, 0.05) is 23.6 Å². The molecule has 3 heteroatoms. The van der Waals surface area contributed by atoms with Crippen LogP contribution in [0.3, 0.4) is 0 Å². The third-order valence-corrected chi connectivity index (χ3v) is 4.07. The van der Waals surface area contributed by atoms with Gasteiger partial charge in [-0.2, -0.15) is 0 Å². The first kappa shape index (κ1) is 13.8. The molecule has 23 heavy (non-hydrogen) atoms. The topological polar surface area (TPSA) is 31.0 Å². The van der Waals surface area contributed by atoms with E-state index in [1.165, 1.54) is 5.56 Å². The van der Waals surface area contributed by atoms with Gasteiger partial charge in [0.15, 0.2) is 5.58 Å². The van der Waals surface area contributed by atoms with E-state index in [1.54, 1.807) is 0 Å². The molecule has 0 fully saturated rings. The number of fused-ring (bicyclic) bond motifs is 1. The molecule has 0 aliphatic rings. The molecular weight excluding hydrogens is 284 g/mol. The molecule has 0 saturated carbocycles. The van der Waals surface area contributed by atoms with Gasteiger partial charge < -0.3 is 8.98 Å². The van der Waals surface area contributed by atoms with Crippen molar-refractivity contribution in [1.29, 1.82) is 0 Å². The fourth-order valence-electron chi connectivity index (χ4n) is 2.73. The highest BCUT2D eigenvalue weighted by Gasteiger charge is 2.10. The van der Waals surface area contributed by atoms with Crippen molar-refractivity contribution in [2.24, 2.45) is 0 Å². The zero-order valence-electron chi connectivity index (χ0n) is 13.2. The van der Waals surface area contributed by atoms with E-state index in [1.807, 2.05) is 42.7 Å². The molecule has 2 aromatic heterocycles. The van der Waals surface area contributed by atoms with Gasteiger partial charge in [-0.25, -0.2) is 4.98 Å². The third kappa shape index (κ3) is 2.55. The Hall–Kier alpha value is -2.81. The molecule has 0 aliphatic heterocycles. The third-order valence-electron chi connectivity index (χ3n) is 4.07. The van der Waals surface area contributed by atoms with E-state index in [2.05, 4.69) is 47.7 Å². The minimum absolute atomic E-state index is 0.483. The lowest BCUT2D eigenvalue weighted by atomic mass is 10.0. The highest BCUT2D eigenvalue weighted by molar-refractivity contribution is 5.77. The monoisotopic (exact) mass is 302 g/mol. The Morgan fingerprint density at radius 2 is 1.78 bits per heavy atom. The van der Waals surface area contributed by atoms with Crippen molar-refractivity contribution in [3.8, 4) is 17.1 Å². The van der Waals surface area contributed by atoms with Crippen LogP contribution in [0, 0.1) is 0 Å². The molecule has 0 aliphatic carbocycles. The van der Waals surface area contributed by atoms with E-state index in [-0.39, 0.29) is 0 Å². The van der Waals surface area contributed by atoms with Gasteiger partial charge in [-0.3, -0.25) is 0 Å². The minimum atomic E-state index is 0.483. The Balaban J connectivity index is 1.78. The van der Waals surface area contributed by atoms with E-state index >= 15 is 0 Å². The smallest absolute Gasteiger partial charge is 0.227 e. The van der Waals surface area contributed by atoms with Crippen molar-refractivity contribution in [3.63, 3.8) is 0 Å². The highest BCUT2D eigenvalue weighted by atomic mass is 16.3. The summed E-state index contributed by atoms with van der Waals surface area (Å²) in [5.41, 5.74) is 5.10. The van der Waals surface area contributed by atoms with Crippen molar-refractivity contribution in [1.82, 2.24) is 9.55 Å². The second kappa shape index (κ2) is 5.43. The molecule has 0 N–H and O–H groups in total. The zero-order valence-corrected chi connectivity index (χ0v) is 13.2. The number of hydrogen-bond donors (Lipinski definition) is 0. The summed E-state index contributed by atoms with van der Waals surface area (Å²) in [6.07, 6.45) is 4.06. The lowest BCUT2D eigenvalue weighted by Gasteiger charge is -2.03. The van der Waals surface area contributed by atoms with E-state index in [0.717, 1.165) is 22.4 Å². The van der Waals surface area contributed by atoms with E-state index in [4.69, 9.17) is 4.42 Å². The lowest BCUT2D eigenvalue weighted by molar-refractivity contribution is 0.619. The van der Waals surface area contributed by atoms with Gasteiger partial charge in [0.25, 0.3) is 0 Å². The normalized spacial score (nSPS) is 11.4. The Bertz CT molecular complexity index is 949. The van der Waals surface area contributed by atoms with Gasteiger partial charge in [-0.15, -0.1) is 0 Å². The minimum Gasteiger partial charge on any atom is -0.436 e. The second-order valence-corrected chi connectivity index (χ2v) is 6.04. The zero-order chi connectivity index (χ0) is 15.8. The fraction of sp³-hybridized carbons (Fsp3) is 0.150. The molecule has 4 rings (SSSR count). The van der Waals surface area contributed by atoms with Gasteiger partial charge in [-0.05, 0) is 53.9 Å². The predicted molar refractivity (Wildman–Crippen MR) is 92.9 cm³/mol. The number of aromatic nitrogens is 2. The van der Waals surface area contributed by atoms with Crippen LogP contribution >= 0.6 is 0 Å². The molecule has 0 saturated heterocycles. The summed E-state index contributed by atoms with van der Waals surface area (Å²) in [5.74, 6) is 1.14. The number of benzene rings is 2. The molecule has 0 bridgehead atoms. The molecule has 0 atom stereocenters. The first-order valence-electron chi connectivity index (χ1n) is 7.85. The summed E-state index contributed by atoms with van der Waals surface area (Å²) >= 11 is 0. The number of oxazole rings is 1. The molecular formula is C20H18N2O. The van der Waals surface area contributed by atoms with Crippen LogP contribution in [0.2, 0.25) is 0 Å². The van der Waals surface area contributed by atoms with Crippen LogP contribution in [0.4, 0.5) is 0 Å². The summed E-state index contributed by atoms with van der Waals surface area (Å²) in [7, 11) is 0. The Labute approximate surface area is 135 Å². The molecule has 0 spiro atoms. The summed E-state index contributed by atoms with van der Waals surface area (Å²) in [4.78, 5) is 4.67. The predicted octanol–water partition coefficient (Wildman–Crippen LogP) is 5.41. The van der Waals surface area contributed by atoms with Crippen molar-refractivity contribution < 1.29 is 4.42 Å². The lowest BCUT2D eigenvalue weighted by Crippen LogP contribution is -1.89. The first-order valence-corrected chi connectivity index (χ1v) is 7.85. The Morgan fingerprint density at radius 3 is 2.57 bits per heavy atom. The molecule has 3 nitrogen and oxygen atoms in total. The van der Waals surface area contributed by atoms with Crippen LogP contribution in [-0.4, -0.2) is 9.55 Å². The van der Waals surface area contributed by atoms with Crippen LogP contribution in [-0.2, 0) is 0 Å². The van der Waals surface area contributed by atoms with Gasteiger partial charge in [-0.1, -0.05) is 26.0 Å². The van der Waals surface area contributed by atoms with Gasteiger partial charge in [0.05, 0.1) is 0 Å². The highest BCUT2D eigenvalue weighted by Crippen LogP contribution is 2.28. The van der Waals surface area contributed by atoms with Gasteiger partial charge in [0.1, 0.15) is 5.52 Å². The van der Waals surface area contributed by atoms with Crippen molar-refractivity contribution in [2.75, 3.05) is 0 Å².